The van der Waals surface area contributed by atoms with E-state index in [0.717, 1.165) is 51.4 Å². The average Bonchev–Trinajstić information content (AvgIpc) is 3.11. The molecule has 0 spiro atoms. The zero-order chi connectivity index (χ0) is 43.9. The lowest BCUT2D eigenvalue weighted by Crippen LogP contribution is -2.19. The fraction of sp³-hybridized carbons (Fsp3) is 1.00. The Kier molecular flexibility index (Phi) is 38.6. The summed E-state index contributed by atoms with van der Waals surface area (Å²) < 4.78 is 39.3. The van der Waals surface area contributed by atoms with Crippen LogP contribution in [-0.2, 0) is 62.6 Å². The van der Waals surface area contributed by atoms with Crippen LogP contribution in [0.3, 0.4) is 0 Å². The molecule has 7 nitrogen and oxygen atoms in total. The third-order valence-electron chi connectivity index (χ3n) is 8.83. The maximum atomic E-state index is 11.2. The van der Waals surface area contributed by atoms with Crippen LogP contribution in [0.15, 0.2) is 0 Å². The van der Waals surface area contributed by atoms with Gasteiger partial charge in [0.25, 0.3) is 0 Å². The van der Waals surface area contributed by atoms with Gasteiger partial charge in [0, 0.05) is 16.8 Å². The minimum Gasteiger partial charge on any atom is -0.392 e. The Morgan fingerprint density at radius 3 is 1.28 bits per heavy atom. The van der Waals surface area contributed by atoms with Gasteiger partial charge in [0.05, 0.1) is 43.2 Å². The summed E-state index contributed by atoms with van der Waals surface area (Å²) in [6, 6.07) is 0. The van der Waals surface area contributed by atoms with Crippen LogP contribution in [0.25, 0.3) is 0 Å². The van der Waals surface area contributed by atoms with E-state index in [4.69, 9.17) is 62.6 Å². The van der Waals surface area contributed by atoms with Crippen LogP contribution in [0.1, 0.15) is 211 Å². The highest BCUT2D eigenvalue weighted by atomic mass is 32.9. The average molecular weight is 991 g/mol. The van der Waals surface area contributed by atoms with Crippen molar-refractivity contribution in [3.8, 4) is 0 Å². The van der Waals surface area contributed by atoms with E-state index in [1.54, 1.807) is 22.8 Å². The van der Waals surface area contributed by atoms with Crippen molar-refractivity contribution in [2.24, 2.45) is 0 Å². The molecule has 4 atom stereocenters. The van der Waals surface area contributed by atoms with E-state index in [1.165, 1.54) is 94.9 Å². The molecule has 0 rings (SSSR count). The molecule has 0 aromatic carbocycles. The SMILES string of the molecule is CCCCCCCCC(O)CSP(=S)(OCC(CCCCCCCC)SP(=S)(OC(C)C)OC(C)C)OC(CCCCCCCC)CSP(=S)(OC(C)C)OC(C)C. The number of rotatable bonds is 42. The molecular weight excluding hydrogens is 902 g/mol. The molecule has 4 unspecified atom stereocenters. The zero-order valence-electron chi connectivity index (χ0n) is 38.7. The number of unbranched alkanes of at least 4 members (excludes halogenated alkanes) is 15. The standard InChI is InChI=1S/C42H89O7P3S6/c1-12-15-18-21-24-27-30-40(43)34-56-50(53,44-33-42(32-29-26-23-20-17-14-3)58-52(55,47-38(8)9)48-39(10)11)49-41(31-28-25-22-19-16-13-2)35-57-51(54,45-36(4)5)46-37(6)7/h36-43H,12-35H2,1-11H3. The molecule has 0 saturated carbocycles. The molecule has 0 aliphatic rings. The number of hydrogen-bond acceptors (Lipinski definition) is 13. The minimum atomic E-state index is -2.96. The largest absolute Gasteiger partial charge is 0.392 e. The number of aliphatic hydroxyl groups is 1. The van der Waals surface area contributed by atoms with Crippen molar-refractivity contribution in [3.63, 3.8) is 0 Å². The predicted molar refractivity (Wildman–Crippen MR) is 275 cm³/mol. The van der Waals surface area contributed by atoms with E-state index in [-0.39, 0.29) is 35.8 Å². The van der Waals surface area contributed by atoms with Crippen LogP contribution in [0.5, 0.6) is 0 Å². The van der Waals surface area contributed by atoms with Crippen molar-refractivity contribution >= 4 is 86.6 Å². The minimum absolute atomic E-state index is 0.0329. The van der Waals surface area contributed by atoms with Crippen LogP contribution in [-0.4, -0.2) is 65.1 Å². The Labute approximate surface area is 387 Å². The van der Waals surface area contributed by atoms with Gasteiger partial charge in [0.2, 0.25) is 17.1 Å². The summed E-state index contributed by atoms with van der Waals surface area (Å²) in [6.45, 7) is 23.2. The first-order chi connectivity index (χ1) is 27.4. The third kappa shape index (κ3) is 35.0. The first-order valence-electron chi connectivity index (χ1n) is 22.9. The molecule has 0 aromatic heterocycles. The van der Waals surface area contributed by atoms with Crippen molar-refractivity contribution < 1.29 is 32.2 Å². The quantitative estimate of drug-likeness (QED) is 0.0466. The van der Waals surface area contributed by atoms with E-state index in [0.29, 0.717) is 18.1 Å². The fourth-order valence-corrected chi connectivity index (χ4v) is 23.8. The molecule has 16 heteroatoms. The number of hydrogen-bond donors (Lipinski definition) is 1. The summed E-state index contributed by atoms with van der Waals surface area (Å²) in [5, 5.41) is 11.3. The van der Waals surface area contributed by atoms with Crippen LogP contribution < -0.4 is 0 Å². The van der Waals surface area contributed by atoms with E-state index in [9.17, 15) is 5.11 Å². The Morgan fingerprint density at radius 2 is 0.828 bits per heavy atom. The van der Waals surface area contributed by atoms with Crippen LogP contribution in [0.2, 0.25) is 0 Å². The molecule has 0 aliphatic heterocycles. The highest BCUT2D eigenvalue weighted by Gasteiger charge is 2.33. The van der Waals surface area contributed by atoms with Crippen molar-refractivity contribution in [2.45, 2.75) is 253 Å². The van der Waals surface area contributed by atoms with Crippen molar-refractivity contribution in [2.75, 3.05) is 18.1 Å². The summed E-state index contributed by atoms with van der Waals surface area (Å²) in [5.41, 5.74) is -8.27. The van der Waals surface area contributed by atoms with Crippen molar-refractivity contribution in [1.82, 2.24) is 0 Å². The predicted octanol–water partition coefficient (Wildman–Crippen LogP) is 16.9. The van der Waals surface area contributed by atoms with Gasteiger partial charge in [0.15, 0.2) is 0 Å². The molecule has 350 valence electrons. The van der Waals surface area contributed by atoms with Gasteiger partial charge in [-0.2, -0.15) is 0 Å². The van der Waals surface area contributed by atoms with Gasteiger partial charge in [-0.15, -0.1) is 0 Å². The molecule has 58 heavy (non-hydrogen) atoms. The smallest absolute Gasteiger partial charge is 0.248 e. The van der Waals surface area contributed by atoms with Gasteiger partial charge >= 0.3 is 0 Å². The molecule has 1 N–H and O–H groups in total. The van der Waals surface area contributed by atoms with Crippen molar-refractivity contribution in [3.05, 3.63) is 0 Å². The first-order valence-corrected chi connectivity index (χ1v) is 35.5. The molecule has 0 radical (unpaired) electrons. The van der Waals surface area contributed by atoms with Crippen molar-refractivity contribution in [1.29, 1.82) is 0 Å². The maximum Gasteiger partial charge on any atom is 0.248 e. The second-order valence-electron chi connectivity index (χ2n) is 16.6. The Hall–Kier alpha value is 2.72. The van der Waals surface area contributed by atoms with Gasteiger partial charge in [0.1, 0.15) is 0 Å². The highest BCUT2D eigenvalue weighted by Crippen LogP contribution is 2.68. The summed E-state index contributed by atoms with van der Waals surface area (Å²) in [5.74, 6) is 1.09. The number of aliphatic hydroxyl groups excluding tert-OH is 1. The second-order valence-corrected chi connectivity index (χ2v) is 35.6. The molecule has 0 saturated heterocycles. The fourth-order valence-electron chi connectivity index (χ4n) is 6.06. The lowest BCUT2D eigenvalue weighted by Gasteiger charge is -2.32. The molecule has 0 amide bonds. The molecular formula is C42H89O7P3S6. The van der Waals surface area contributed by atoms with Gasteiger partial charge < -0.3 is 32.2 Å². The summed E-state index contributed by atoms with van der Waals surface area (Å²) in [4.78, 5) is 0. The normalized spacial score (nSPS) is 15.5. The Balaban J connectivity index is 6.50. The van der Waals surface area contributed by atoms with Crippen LogP contribution >= 0.6 is 51.2 Å². The first kappa shape index (κ1) is 60.7. The van der Waals surface area contributed by atoms with Gasteiger partial charge in [-0.3, -0.25) is 0 Å². The molecule has 0 fully saturated rings. The Morgan fingerprint density at radius 1 is 0.448 bits per heavy atom. The second kappa shape index (κ2) is 36.9. The zero-order valence-corrected chi connectivity index (χ0v) is 46.3. The van der Waals surface area contributed by atoms with Crippen LogP contribution in [0.4, 0.5) is 0 Å². The molecule has 0 bridgehead atoms. The van der Waals surface area contributed by atoms with E-state index in [1.807, 2.05) is 55.4 Å². The molecule has 0 heterocycles. The third-order valence-corrected chi connectivity index (χ3v) is 25.5. The van der Waals surface area contributed by atoms with E-state index in [2.05, 4.69) is 20.8 Å². The topological polar surface area (TPSA) is 75.6 Å². The maximum absolute atomic E-state index is 11.2. The Bertz CT molecular complexity index is 1090. The monoisotopic (exact) mass is 990 g/mol. The van der Waals surface area contributed by atoms with Crippen LogP contribution in [0, 0.1) is 0 Å². The van der Waals surface area contributed by atoms with Gasteiger partial charge in [-0.25, -0.2) is 0 Å². The lowest BCUT2D eigenvalue weighted by atomic mass is 10.1. The van der Waals surface area contributed by atoms with E-state index < -0.39 is 23.2 Å². The highest BCUT2D eigenvalue weighted by molar-refractivity contribution is 8.69. The summed E-state index contributed by atoms with van der Waals surface area (Å²) in [6.07, 6.45) is 23.2. The molecule has 0 aliphatic carbocycles. The lowest BCUT2D eigenvalue weighted by molar-refractivity contribution is 0.181. The summed E-state index contributed by atoms with van der Waals surface area (Å²) >= 11 is 23.5. The summed E-state index contributed by atoms with van der Waals surface area (Å²) in [7, 11) is 0. The molecule has 0 aromatic rings. The van der Waals surface area contributed by atoms with Gasteiger partial charge in [-0.05, 0) is 110 Å². The van der Waals surface area contributed by atoms with E-state index >= 15 is 0 Å². The van der Waals surface area contributed by atoms with Gasteiger partial charge in [-0.1, -0.05) is 170 Å².